The van der Waals surface area contributed by atoms with Crippen molar-refractivity contribution in [3.63, 3.8) is 0 Å². The van der Waals surface area contributed by atoms with Gasteiger partial charge in [-0.1, -0.05) is 13.8 Å². The smallest absolute Gasteiger partial charge is 0.271 e. The predicted octanol–water partition coefficient (Wildman–Crippen LogP) is 2.51. The Morgan fingerprint density at radius 3 is 2.88 bits per heavy atom. The summed E-state index contributed by atoms with van der Waals surface area (Å²) in [5.41, 5.74) is 1.03. The van der Waals surface area contributed by atoms with Crippen molar-refractivity contribution >= 4 is 5.91 Å². The number of H-pyrrole nitrogens is 1. The van der Waals surface area contributed by atoms with Gasteiger partial charge in [-0.15, -0.1) is 0 Å². The lowest BCUT2D eigenvalue weighted by Crippen LogP contribution is -2.39. The Balaban J connectivity index is 1.90. The van der Waals surface area contributed by atoms with Crippen molar-refractivity contribution in [2.45, 2.75) is 45.1 Å². The number of nitrogens with one attached hydrogen (secondary N) is 1. The molecule has 0 spiro atoms. The largest absolute Gasteiger partial charge is 0.345 e. The van der Waals surface area contributed by atoms with Crippen LogP contribution in [0.1, 0.15) is 72.8 Å². The molecule has 2 aromatic rings. The average molecular weight is 326 g/mol. The van der Waals surface area contributed by atoms with Gasteiger partial charge in [0.2, 0.25) is 0 Å². The number of aryl methyl sites for hydroxylation is 1. The van der Waals surface area contributed by atoms with Gasteiger partial charge in [0.25, 0.3) is 5.91 Å². The third-order valence-corrected chi connectivity index (χ3v) is 4.47. The molecule has 1 aliphatic heterocycles. The number of hydrogen-bond acceptors (Lipinski definition) is 4. The maximum atomic E-state index is 13.0. The lowest BCUT2D eigenvalue weighted by Gasteiger charge is -2.34. The molecule has 1 fully saturated rings. The van der Waals surface area contributed by atoms with Gasteiger partial charge in [-0.25, -0.2) is 4.98 Å². The Morgan fingerprint density at radius 1 is 1.46 bits per heavy atom. The zero-order valence-corrected chi connectivity index (χ0v) is 14.3. The van der Waals surface area contributed by atoms with Gasteiger partial charge in [0, 0.05) is 25.7 Å². The minimum atomic E-state index is -0.0910. The summed E-state index contributed by atoms with van der Waals surface area (Å²) in [5, 5.41) is 16.3. The van der Waals surface area contributed by atoms with Gasteiger partial charge in [0.1, 0.15) is 17.6 Å². The van der Waals surface area contributed by atoms with Crippen molar-refractivity contribution in [1.82, 2.24) is 24.6 Å². The van der Waals surface area contributed by atoms with Crippen LogP contribution in [0.3, 0.4) is 0 Å². The number of amides is 1. The van der Waals surface area contributed by atoms with Crippen LogP contribution in [0, 0.1) is 11.3 Å². The number of rotatable bonds is 3. The summed E-state index contributed by atoms with van der Waals surface area (Å²) in [7, 11) is 1.79. The summed E-state index contributed by atoms with van der Waals surface area (Å²) in [6, 6.07) is 3.64. The topological polar surface area (TPSA) is 90.6 Å². The lowest BCUT2D eigenvalue weighted by atomic mass is 10.0. The fourth-order valence-electron chi connectivity index (χ4n) is 3.14. The molecule has 1 saturated heterocycles. The molecule has 1 amide bonds. The quantitative estimate of drug-likeness (QED) is 0.938. The molecule has 3 heterocycles. The minimum absolute atomic E-state index is 0.0637. The van der Waals surface area contributed by atoms with E-state index in [1.807, 2.05) is 18.7 Å². The first kappa shape index (κ1) is 16.2. The number of hydrogen-bond donors (Lipinski definition) is 1. The van der Waals surface area contributed by atoms with Gasteiger partial charge >= 0.3 is 0 Å². The fourth-order valence-corrected chi connectivity index (χ4v) is 3.14. The van der Waals surface area contributed by atoms with Crippen molar-refractivity contribution in [2.75, 3.05) is 6.54 Å². The van der Waals surface area contributed by atoms with Crippen molar-refractivity contribution < 1.29 is 4.79 Å². The predicted molar refractivity (Wildman–Crippen MR) is 88.2 cm³/mol. The molecular weight excluding hydrogens is 304 g/mol. The first-order valence-corrected chi connectivity index (χ1v) is 8.31. The van der Waals surface area contributed by atoms with Crippen LogP contribution in [0.25, 0.3) is 0 Å². The first-order valence-electron chi connectivity index (χ1n) is 8.31. The Labute approximate surface area is 141 Å². The van der Waals surface area contributed by atoms with Crippen LogP contribution in [0.15, 0.2) is 12.3 Å². The van der Waals surface area contributed by atoms with Gasteiger partial charge in [0.15, 0.2) is 5.82 Å². The third kappa shape index (κ3) is 2.92. The number of aromatic nitrogens is 4. The third-order valence-electron chi connectivity index (χ3n) is 4.47. The van der Waals surface area contributed by atoms with Crippen LogP contribution in [0.4, 0.5) is 0 Å². The number of carbonyl (C=O) groups excluding carboxylic acids is 1. The number of carbonyl (C=O) groups is 1. The normalized spacial score (nSPS) is 18.0. The van der Waals surface area contributed by atoms with E-state index in [1.165, 1.54) is 0 Å². The molecule has 126 valence electrons. The summed E-state index contributed by atoms with van der Waals surface area (Å²) in [4.78, 5) is 19.4. The summed E-state index contributed by atoms with van der Waals surface area (Å²) < 4.78 is 1.71. The van der Waals surface area contributed by atoms with Crippen LogP contribution in [0.2, 0.25) is 0 Å². The van der Waals surface area contributed by atoms with Gasteiger partial charge < -0.3 is 9.47 Å². The number of nitrogens with zero attached hydrogens (tertiary/aromatic N) is 5. The Hall–Kier alpha value is -2.62. The number of piperidine rings is 1. The molecule has 0 aliphatic carbocycles. The van der Waals surface area contributed by atoms with Gasteiger partial charge in [-0.3, -0.25) is 9.89 Å². The molecule has 1 atom stereocenters. The second-order valence-corrected chi connectivity index (χ2v) is 6.58. The van der Waals surface area contributed by atoms with E-state index >= 15 is 0 Å². The second-order valence-electron chi connectivity index (χ2n) is 6.58. The van der Waals surface area contributed by atoms with E-state index in [9.17, 15) is 4.79 Å². The highest BCUT2D eigenvalue weighted by Gasteiger charge is 2.32. The Bertz CT molecular complexity index is 781. The molecule has 2 aromatic heterocycles. The van der Waals surface area contributed by atoms with Crippen LogP contribution >= 0.6 is 0 Å². The van der Waals surface area contributed by atoms with Crippen molar-refractivity contribution in [3.05, 3.63) is 35.2 Å². The maximum absolute atomic E-state index is 13.0. The van der Waals surface area contributed by atoms with Gasteiger partial charge in [-0.2, -0.15) is 10.4 Å². The van der Waals surface area contributed by atoms with E-state index in [4.69, 9.17) is 5.26 Å². The summed E-state index contributed by atoms with van der Waals surface area (Å²) in [6.45, 7) is 4.78. The average Bonchev–Trinajstić information content (AvgIpc) is 3.21. The van der Waals surface area contributed by atoms with Crippen LogP contribution < -0.4 is 0 Å². The van der Waals surface area contributed by atoms with Crippen molar-refractivity contribution in [2.24, 2.45) is 7.05 Å². The summed E-state index contributed by atoms with van der Waals surface area (Å²) in [5.74, 6) is 1.70. The number of likely N-dealkylation sites (tertiary alicyclic amines) is 1. The summed E-state index contributed by atoms with van der Waals surface area (Å²) >= 11 is 0. The van der Waals surface area contributed by atoms with Crippen LogP contribution in [-0.4, -0.2) is 37.1 Å². The minimum Gasteiger partial charge on any atom is -0.345 e. The molecule has 3 rings (SSSR count). The molecule has 0 saturated carbocycles. The zero-order valence-electron chi connectivity index (χ0n) is 14.3. The first-order chi connectivity index (χ1) is 11.5. The van der Waals surface area contributed by atoms with Gasteiger partial charge in [-0.05, 0) is 25.3 Å². The molecule has 1 N–H and O–H groups in total. The number of aromatic amines is 1. The van der Waals surface area contributed by atoms with E-state index in [0.29, 0.717) is 17.8 Å². The highest BCUT2D eigenvalue weighted by atomic mass is 16.2. The molecule has 0 unspecified atom stereocenters. The summed E-state index contributed by atoms with van der Waals surface area (Å²) in [6.07, 6.45) is 4.58. The molecule has 0 aromatic carbocycles. The Kier molecular flexibility index (Phi) is 4.38. The van der Waals surface area contributed by atoms with Crippen LogP contribution in [-0.2, 0) is 7.05 Å². The van der Waals surface area contributed by atoms with Gasteiger partial charge in [0.05, 0.1) is 11.6 Å². The van der Waals surface area contributed by atoms with E-state index in [0.717, 1.165) is 30.9 Å². The monoisotopic (exact) mass is 326 g/mol. The standard InChI is InChI=1S/C17H22N6O/c1-11(2)15-19-16(21-20-15)13-6-4-5-7-23(13)17(24)14-8-12(9-18)10-22(14)3/h8,10-11,13H,4-7H2,1-3H3,(H,19,20,21)/t13-/m0/s1. The highest BCUT2D eigenvalue weighted by molar-refractivity contribution is 5.93. The Morgan fingerprint density at radius 2 is 2.25 bits per heavy atom. The molecule has 7 heteroatoms. The molecule has 7 nitrogen and oxygen atoms in total. The fraction of sp³-hybridized carbons (Fsp3) is 0.529. The van der Waals surface area contributed by atoms with Crippen LogP contribution in [0.5, 0.6) is 0 Å². The molecular formula is C17H22N6O. The molecule has 24 heavy (non-hydrogen) atoms. The van der Waals surface area contributed by atoms with Crippen molar-refractivity contribution in [1.29, 1.82) is 5.26 Å². The van der Waals surface area contributed by atoms with E-state index in [1.54, 1.807) is 23.9 Å². The molecule has 0 bridgehead atoms. The lowest BCUT2D eigenvalue weighted by molar-refractivity contribution is 0.0590. The highest BCUT2D eigenvalue weighted by Crippen LogP contribution is 2.31. The van der Waals surface area contributed by atoms with E-state index < -0.39 is 0 Å². The molecule has 1 aliphatic rings. The second kappa shape index (κ2) is 6.48. The maximum Gasteiger partial charge on any atom is 0.271 e. The van der Waals surface area contributed by atoms with Crippen molar-refractivity contribution in [3.8, 4) is 6.07 Å². The SMILES string of the molecule is CC(C)c1n[nH]c([C@@H]2CCCCN2C(=O)c2cc(C#N)cn2C)n1. The van der Waals surface area contributed by atoms with E-state index in [2.05, 4.69) is 21.3 Å². The molecule has 0 radical (unpaired) electrons. The van der Waals surface area contributed by atoms with E-state index in [-0.39, 0.29) is 17.9 Å². The number of nitriles is 1. The zero-order chi connectivity index (χ0) is 17.3.